The summed E-state index contributed by atoms with van der Waals surface area (Å²) in [6.07, 6.45) is 76.7. The quantitative estimate of drug-likeness (QED) is 0.0320. The Morgan fingerprint density at radius 3 is 0.973 bits per heavy atom. The Labute approximate surface area is 457 Å². The van der Waals surface area contributed by atoms with Crippen LogP contribution in [-0.4, -0.2) is 47.4 Å². The molecule has 1 amide bonds. The zero-order valence-corrected chi connectivity index (χ0v) is 49.6. The third kappa shape index (κ3) is 59.7. The average molecular weight is 1030 g/mol. The van der Waals surface area contributed by atoms with E-state index in [0.717, 1.165) is 38.5 Å². The van der Waals surface area contributed by atoms with E-state index in [0.29, 0.717) is 25.9 Å². The Hall–Kier alpha value is -1.40. The minimum atomic E-state index is -0.665. The van der Waals surface area contributed by atoms with Gasteiger partial charge in [-0.15, -0.1) is 0 Å². The average Bonchev–Trinajstić information content (AvgIpc) is 3.39. The first kappa shape index (κ1) is 71.6. The number of hydrogen-bond donors (Lipinski definition) is 3. The summed E-state index contributed by atoms with van der Waals surface area (Å²) in [6.45, 7) is 4.99. The highest BCUT2D eigenvalue weighted by Gasteiger charge is 2.20. The third-order valence-corrected chi connectivity index (χ3v) is 15.8. The number of amides is 1. The molecule has 0 bridgehead atoms. The molecular weight excluding hydrogens is 899 g/mol. The highest BCUT2D eigenvalue weighted by molar-refractivity contribution is 5.76. The van der Waals surface area contributed by atoms with Gasteiger partial charge in [0.05, 0.1) is 25.4 Å². The van der Waals surface area contributed by atoms with Gasteiger partial charge in [-0.25, -0.2) is 0 Å². The van der Waals surface area contributed by atoms with Crippen LogP contribution in [0, 0.1) is 0 Å². The minimum absolute atomic E-state index is 0.0183. The number of allylic oxidation sites excluding steroid dienone is 2. The lowest BCUT2D eigenvalue weighted by Crippen LogP contribution is -2.45. The molecule has 0 spiro atoms. The smallest absolute Gasteiger partial charge is 0.305 e. The van der Waals surface area contributed by atoms with E-state index in [4.69, 9.17) is 4.74 Å². The Kier molecular flexibility index (Phi) is 61.9. The van der Waals surface area contributed by atoms with E-state index >= 15 is 0 Å². The number of esters is 1. The topological polar surface area (TPSA) is 95.9 Å². The second kappa shape index (κ2) is 63.1. The Morgan fingerprint density at radius 1 is 0.370 bits per heavy atom. The maximum Gasteiger partial charge on any atom is 0.305 e. The molecule has 0 heterocycles. The molecule has 2 unspecified atom stereocenters. The van der Waals surface area contributed by atoms with Crippen molar-refractivity contribution >= 4 is 11.9 Å². The van der Waals surface area contributed by atoms with Gasteiger partial charge < -0.3 is 20.3 Å². The van der Waals surface area contributed by atoms with Crippen LogP contribution in [0.1, 0.15) is 380 Å². The van der Waals surface area contributed by atoms with E-state index in [2.05, 4.69) is 31.3 Å². The van der Waals surface area contributed by atoms with Crippen LogP contribution in [0.4, 0.5) is 0 Å². The van der Waals surface area contributed by atoms with Crippen LogP contribution >= 0.6 is 0 Å². The van der Waals surface area contributed by atoms with Crippen molar-refractivity contribution in [3.05, 3.63) is 12.2 Å². The monoisotopic (exact) mass is 1030 g/mol. The normalized spacial score (nSPS) is 12.5. The molecule has 3 N–H and O–H groups in total. The van der Waals surface area contributed by atoms with Gasteiger partial charge in [0.1, 0.15) is 0 Å². The fourth-order valence-electron chi connectivity index (χ4n) is 10.7. The zero-order chi connectivity index (χ0) is 52.9. The van der Waals surface area contributed by atoms with Crippen molar-refractivity contribution in [2.45, 2.75) is 392 Å². The van der Waals surface area contributed by atoms with Crippen LogP contribution in [0.3, 0.4) is 0 Å². The Bertz CT molecular complexity index is 1100. The van der Waals surface area contributed by atoms with Crippen molar-refractivity contribution in [3.8, 4) is 0 Å². The number of rotatable bonds is 63. The summed E-state index contributed by atoms with van der Waals surface area (Å²) in [7, 11) is 0. The van der Waals surface area contributed by atoms with Gasteiger partial charge in [-0.2, -0.15) is 0 Å². The molecule has 0 aliphatic carbocycles. The lowest BCUT2D eigenvalue weighted by Gasteiger charge is -2.22. The van der Waals surface area contributed by atoms with E-state index in [-0.39, 0.29) is 18.5 Å². The second-order valence-electron chi connectivity index (χ2n) is 23.2. The second-order valence-corrected chi connectivity index (χ2v) is 23.2. The summed E-state index contributed by atoms with van der Waals surface area (Å²) >= 11 is 0. The van der Waals surface area contributed by atoms with E-state index in [1.807, 2.05) is 0 Å². The first-order valence-corrected chi connectivity index (χ1v) is 33.4. The van der Waals surface area contributed by atoms with E-state index < -0.39 is 12.1 Å². The van der Waals surface area contributed by atoms with Crippen molar-refractivity contribution < 1.29 is 24.5 Å². The summed E-state index contributed by atoms with van der Waals surface area (Å²) < 4.78 is 5.50. The first-order chi connectivity index (χ1) is 36.0. The molecule has 2 atom stereocenters. The highest BCUT2D eigenvalue weighted by atomic mass is 16.5. The Morgan fingerprint density at radius 2 is 0.644 bits per heavy atom. The fraction of sp³-hybridized carbons (Fsp3) is 0.940. The molecular formula is C67H131NO5. The van der Waals surface area contributed by atoms with Gasteiger partial charge in [0, 0.05) is 12.8 Å². The summed E-state index contributed by atoms with van der Waals surface area (Å²) in [5.74, 6) is -0.0173. The number of hydrogen-bond acceptors (Lipinski definition) is 5. The SMILES string of the molecule is CCCCCCCCCCCCCCCCCCCC(=O)OCCCCCCCCCCCCCC/C=C\CCCCCCCCCCCC(=O)NC(CO)C(O)CCCCCCCCCCCCCCCC. The fourth-order valence-corrected chi connectivity index (χ4v) is 10.7. The molecule has 0 rings (SSSR count). The lowest BCUT2D eigenvalue weighted by molar-refractivity contribution is -0.143. The van der Waals surface area contributed by atoms with Crippen LogP contribution in [0.25, 0.3) is 0 Å². The molecule has 0 aliphatic heterocycles. The van der Waals surface area contributed by atoms with Gasteiger partial charge >= 0.3 is 5.97 Å². The molecule has 0 aliphatic rings. The predicted octanol–water partition coefficient (Wildman–Crippen LogP) is 21.2. The van der Waals surface area contributed by atoms with Crippen LogP contribution in [0.15, 0.2) is 12.2 Å². The van der Waals surface area contributed by atoms with Crippen LogP contribution in [-0.2, 0) is 14.3 Å². The summed E-state index contributed by atoms with van der Waals surface area (Å²) in [6, 6.07) is -0.542. The lowest BCUT2D eigenvalue weighted by atomic mass is 10.0. The largest absolute Gasteiger partial charge is 0.466 e. The molecule has 434 valence electrons. The molecule has 0 aromatic carbocycles. The van der Waals surface area contributed by atoms with Crippen LogP contribution in [0.5, 0.6) is 0 Å². The van der Waals surface area contributed by atoms with E-state index in [1.165, 1.54) is 308 Å². The molecule has 0 fully saturated rings. The summed E-state index contributed by atoms with van der Waals surface area (Å²) in [4.78, 5) is 24.6. The minimum Gasteiger partial charge on any atom is -0.466 e. The van der Waals surface area contributed by atoms with Gasteiger partial charge in [-0.05, 0) is 51.4 Å². The molecule has 0 aromatic heterocycles. The predicted molar refractivity (Wildman–Crippen MR) is 320 cm³/mol. The van der Waals surface area contributed by atoms with E-state index in [9.17, 15) is 19.8 Å². The third-order valence-electron chi connectivity index (χ3n) is 15.8. The molecule has 0 saturated heterocycles. The van der Waals surface area contributed by atoms with Gasteiger partial charge in [-0.1, -0.05) is 328 Å². The van der Waals surface area contributed by atoms with Crippen molar-refractivity contribution in [1.29, 1.82) is 0 Å². The molecule has 0 radical (unpaired) electrons. The van der Waals surface area contributed by atoms with Crippen molar-refractivity contribution in [3.63, 3.8) is 0 Å². The first-order valence-electron chi connectivity index (χ1n) is 33.4. The van der Waals surface area contributed by atoms with Crippen molar-refractivity contribution in [2.75, 3.05) is 13.2 Å². The standard InChI is InChI=1S/C67H131NO5/c1-3-5-7-9-11-13-15-17-19-29-33-37-41-45-49-53-57-61-67(72)73-62-58-54-50-46-42-38-34-31-28-26-24-22-20-21-23-25-27-30-32-36-40-44-48-52-56-60-66(71)68-64(63-69)65(70)59-55-51-47-43-39-35-18-16-14-12-10-8-6-4-2/h21,23,64-65,69-70H,3-20,22,24-63H2,1-2H3,(H,68,71)/b23-21-. The molecule has 6 nitrogen and oxygen atoms in total. The Balaban J connectivity index is 3.36. The van der Waals surface area contributed by atoms with Crippen molar-refractivity contribution in [2.24, 2.45) is 0 Å². The number of carbonyl (C=O) groups excluding carboxylic acids is 2. The van der Waals surface area contributed by atoms with Gasteiger partial charge in [0.25, 0.3) is 0 Å². The number of unbranched alkanes of at least 4 members (excludes halogenated alkanes) is 50. The zero-order valence-electron chi connectivity index (χ0n) is 49.6. The maximum absolute atomic E-state index is 12.5. The number of nitrogens with one attached hydrogen (secondary N) is 1. The highest BCUT2D eigenvalue weighted by Crippen LogP contribution is 2.19. The summed E-state index contributed by atoms with van der Waals surface area (Å²) in [5.41, 5.74) is 0. The number of carbonyl (C=O) groups is 2. The summed E-state index contributed by atoms with van der Waals surface area (Å²) in [5, 5.41) is 23.3. The number of aliphatic hydroxyl groups excluding tert-OH is 2. The number of ether oxygens (including phenoxy) is 1. The molecule has 73 heavy (non-hydrogen) atoms. The molecule has 0 aromatic rings. The van der Waals surface area contributed by atoms with Gasteiger partial charge in [0.2, 0.25) is 5.91 Å². The molecule has 6 heteroatoms. The van der Waals surface area contributed by atoms with Crippen LogP contribution < -0.4 is 5.32 Å². The van der Waals surface area contributed by atoms with E-state index in [1.54, 1.807) is 0 Å². The van der Waals surface area contributed by atoms with Gasteiger partial charge in [0.15, 0.2) is 0 Å². The number of aliphatic hydroxyl groups is 2. The maximum atomic E-state index is 12.5. The molecule has 0 saturated carbocycles. The van der Waals surface area contributed by atoms with Gasteiger partial charge in [-0.3, -0.25) is 9.59 Å². The van der Waals surface area contributed by atoms with Crippen LogP contribution in [0.2, 0.25) is 0 Å². The van der Waals surface area contributed by atoms with Crippen molar-refractivity contribution in [1.82, 2.24) is 5.32 Å².